The molecule has 0 radical (unpaired) electrons. The second kappa shape index (κ2) is 5.71. The van der Waals surface area contributed by atoms with Gasteiger partial charge in [0.2, 0.25) is 0 Å². The third-order valence-corrected chi connectivity index (χ3v) is 2.79. The van der Waals surface area contributed by atoms with Crippen LogP contribution in [0, 0.1) is 0 Å². The van der Waals surface area contributed by atoms with E-state index in [4.69, 9.17) is 16.7 Å². The number of aromatic nitrogens is 3. The van der Waals surface area contributed by atoms with E-state index in [1.54, 1.807) is 18.6 Å². The van der Waals surface area contributed by atoms with Crippen LogP contribution in [0.25, 0.3) is 0 Å². The first-order valence-corrected chi connectivity index (χ1v) is 6.06. The highest BCUT2D eigenvalue weighted by Gasteiger charge is 2.12. The van der Waals surface area contributed by atoms with E-state index in [9.17, 15) is 4.79 Å². The number of carboxylic acid groups (broad SMARTS) is 1. The van der Waals surface area contributed by atoms with Crippen LogP contribution in [0.1, 0.15) is 17.4 Å². The van der Waals surface area contributed by atoms with E-state index in [-0.39, 0.29) is 16.8 Å². The fourth-order valence-corrected chi connectivity index (χ4v) is 1.87. The summed E-state index contributed by atoms with van der Waals surface area (Å²) in [6.07, 6.45) is 5.28. The minimum atomic E-state index is -1.14. The Morgan fingerprint density at radius 3 is 3.00 bits per heavy atom. The molecule has 0 aliphatic carbocycles. The molecule has 0 bridgehead atoms. The van der Waals surface area contributed by atoms with Crippen LogP contribution in [0.4, 0.5) is 5.82 Å². The lowest BCUT2D eigenvalue weighted by Gasteiger charge is -2.15. The van der Waals surface area contributed by atoms with Crippen LogP contribution < -0.4 is 5.32 Å². The van der Waals surface area contributed by atoms with E-state index in [1.165, 1.54) is 6.07 Å². The summed E-state index contributed by atoms with van der Waals surface area (Å²) in [6.45, 7) is 2.67. The first-order valence-electron chi connectivity index (χ1n) is 5.68. The summed E-state index contributed by atoms with van der Waals surface area (Å²) in [5.41, 5.74) is -0.151. The molecule has 0 aliphatic heterocycles. The van der Waals surface area contributed by atoms with E-state index < -0.39 is 5.97 Å². The van der Waals surface area contributed by atoms with E-state index in [2.05, 4.69) is 15.3 Å². The van der Waals surface area contributed by atoms with Gasteiger partial charge in [0.1, 0.15) is 5.82 Å². The lowest BCUT2D eigenvalue weighted by atomic mass is 10.3. The third-order valence-electron chi connectivity index (χ3n) is 2.49. The second-order valence-electron chi connectivity index (χ2n) is 4.14. The fourth-order valence-electron chi connectivity index (χ4n) is 1.68. The van der Waals surface area contributed by atoms with Crippen LogP contribution in [0.3, 0.4) is 0 Å². The van der Waals surface area contributed by atoms with Crippen molar-refractivity contribution >= 4 is 23.4 Å². The van der Waals surface area contributed by atoms with Crippen molar-refractivity contribution in [1.29, 1.82) is 0 Å². The van der Waals surface area contributed by atoms with Gasteiger partial charge in [-0.15, -0.1) is 0 Å². The van der Waals surface area contributed by atoms with Crippen molar-refractivity contribution in [2.75, 3.05) is 5.32 Å². The van der Waals surface area contributed by atoms with E-state index in [0.29, 0.717) is 12.4 Å². The first-order chi connectivity index (χ1) is 9.06. The molecule has 2 aromatic heterocycles. The van der Waals surface area contributed by atoms with Crippen molar-refractivity contribution in [3.05, 3.63) is 41.6 Å². The monoisotopic (exact) mass is 280 g/mol. The fraction of sp³-hybridized carbons (Fsp3) is 0.250. The number of carboxylic acids is 1. The molecular weight excluding hydrogens is 268 g/mol. The molecule has 2 rings (SSSR count). The number of nitrogens with zero attached hydrogens (tertiary/aromatic N) is 3. The maximum Gasteiger partial charge on any atom is 0.356 e. The van der Waals surface area contributed by atoms with E-state index >= 15 is 0 Å². The van der Waals surface area contributed by atoms with Crippen LogP contribution in [0.5, 0.6) is 0 Å². The molecule has 7 heteroatoms. The summed E-state index contributed by atoms with van der Waals surface area (Å²) in [7, 11) is 0. The molecule has 19 heavy (non-hydrogen) atoms. The lowest BCUT2D eigenvalue weighted by molar-refractivity contribution is 0.0691. The summed E-state index contributed by atoms with van der Waals surface area (Å²) in [6, 6.07) is 3.24. The van der Waals surface area contributed by atoms with Crippen molar-refractivity contribution in [2.45, 2.75) is 19.5 Å². The van der Waals surface area contributed by atoms with E-state index in [1.807, 2.05) is 17.7 Å². The molecule has 1 unspecified atom stereocenters. The molecule has 2 heterocycles. The topological polar surface area (TPSA) is 80.0 Å². The van der Waals surface area contributed by atoms with Crippen molar-refractivity contribution in [3.8, 4) is 0 Å². The average Bonchev–Trinajstić information content (AvgIpc) is 2.84. The maximum atomic E-state index is 10.9. The highest BCUT2D eigenvalue weighted by Crippen LogP contribution is 2.17. The van der Waals surface area contributed by atoms with Gasteiger partial charge in [0.05, 0.1) is 11.3 Å². The molecule has 0 spiro atoms. The summed E-state index contributed by atoms with van der Waals surface area (Å²) < 4.78 is 1.92. The normalized spacial score (nSPS) is 12.1. The SMILES string of the molecule is CC(Cn1ccnc1)Nc1ccc(Cl)c(C(=O)O)n1. The van der Waals surface area contributed by atoms with Crippen LogP contribution in [-0.4, -0.2) is 31.7 Å². The number of nitrogens with one attached hydrogen (secondary N) is 1. The highest BCUT2D eigenvalue weighted by molar-refractivity contribution is 6.33. The average molecular weight is 281 g/mol. The number of imidazole rings is 1. The van der Waals surface area contributed by atoms with Gasteiger partial charge in [-0.2, -0.15) is 0 Å². The molecule has 2 N–H and O–H groups in total. The number of hydrogen-bond donors (Lipinski definition) is 2. The minimum Gasteiger partial charge on any atom is -0.476 e. The van der Waals surface area contributed by atoms with Crippen LogP contribution >= 0.6 is 11.6 Å². The second-order valence-corrected chi connectivity index (χ2v) is 4.54. The maximum absolute atomic E-state index is 10.9. The van der Waals surface area contributed by atoms with Crippen LogP contribution in [0.2, 0.25) is 5.02 Å². The van der Waals surface area contributed by atoms with Gasteiger partial charge < -0.3 is 15.0 Å². The predicted octanol–water partition coefficient (Wildman–Crippen LogP) is 2.13. The molecular formula is C12H13ClN4O2. The number of carbonyl (C=O) groups is 1. The summed E-state index contributed by atoms with van der Waals surface area (Å²) in [5, 5.41) is 12.2. The van der Waals surface area contributed by atoms with Crippen molar-refractivity contribution in [2.24, 2.45) is 0 Å². The highest BCUT2D eigenvalue weighted by atomic mass is 35.5. The van der Waals surface area contributed by atoms with Gasteiger partial charge in [-0.1, -0.05) is 11.6 Å². The van der Waals surface area contributed by atoms with Crippen molar-refractivity contribution in [1.82, 2.24) is 14.5 Å². The van der Waals surface area contributed by atoms with E-state index in [0.717, 1.165) is 0 Å². The van der Waals surface area contributed by atoms with Crippen LogP contribution in [0.15, 0.2) is 30.9 Å². The zero-order chi connectivity index (χ0) is 13.8. The van der Waals surface area contributed by atoms with Gasteiger partial charge in [-0.25, -0.2) is 14.8 Å². The number of aromatic carboxylic acids is 1. The molecule has 0 aromatic carbocycles. The Hall–Kier alpha value is -2.08. The minimum absolute atomic E-state index is 0.0736. The van der Waals surface area contributed by atoms with Gasteiger partial charge in [-0.05, 0) is 19.1 Å². The molecule has 2 aromatic rings. The molecule has 0 saturated carbocycles. The number of hydrogen-bond acceptors (Lipinski definition) is 4. The van der Waals surface area contributed by atoms with Gasteiger partial charge in [0.25, 0.3) is 0 Å². The van der Waals surface area contributed by atoms with Crippen molar-refractivity contribution < 1.29 is 9.90 Å². The summed E-state index contributed by atoms with van der Waals surface area (Å²) in [4.78, 5) is 18.9. The Bertz CT molecular complexity index is 571. The van der Waals surface area contributed by atoms with Crippen LogP contribution in [-0.2, 0) is 6.54 Å². The lowest BCUT2D eigenvalue weighted by Crippen LogP contribution is -2.22. The number of rotatable bonds is 5. The predicted molar refractivity (Wildman–Crippen MR) is 71.5 cm³/mol. The Balaban J connectivity index is 2.06. The quantitative estimate of drug-likeness (QED) is 0.877. The van der Waals surface area contributed by atoms with Gasteiger partial charge in [0.15, 0.2) is 5.69 Å². The van der Waals surface area contributed by atoms with Gasteiger partial charge in [-0.3, -0.25) is 0 Å². The summed E-state index contributed by atoms with van der Waals surface area (Å²) in [5.74, 6) is -0.662. The summed E-state index contributed by atoms with van der Waals surface area (Å²) >= 11 is 5.76. The molecule has 6 nitrogen and oxygen atoms in total. The Kier molecular flexibility index (Phi) is 4.01. The number of anilines is 1. The molecule has 1 atom stereocenters. The Morgan fingerprint density at radius 2 is 2.37 bits per heavy atom. The molecule has 0 amide bonds. The zero-order valence-corrected chi connectivity index (χ0v) is 11.0. The zero-order valence-electron chi connectivity index (χ0n) is 10.2. The molecule has 0 aliphatic rings. The standard InChI is InChI=1S/C12H13ClN4O2/c1-8(6-17-5-4-14-7-17)15-10-3-2-9(13)11(16-10)12(18)19/h2-5,7-8H,6H2,1H3,(H,15,16)(H,18,19). The van der Waals surface area contributed by atoms with Gasteiger partial charge >= 0.3 is 5.97 Å². The third kappa shape index (κ3) is 3.45. The smallest absolute Gasteiger partial charge is 0.356 e. The Labute approximate surface area is 115 Å². The number of pyridine rings is 1. The molecule has 0 saturated heterocycles. The molecule has 100 valence electrons. The Morgan fingerprint density at radius 1 is 1.58 bits per heavy atom. The first kappa shape index (κ1) is 13.4. The molecule has 0 fully saturated rings. The van der Waals surface area contributed by atoms with Crippen molar-refractivity contribution in [3.63, 3.8) is 0 Å². The van der Waals surface area contributed by atoms with Gasteiger partial charge in [0, 0.05) is 25.0 Å². The largest absolute Gasteiger partial charge is 0.476 e. The number of halogens is 1.